The van der Waals surface area contributed by atoms with E-state index in [9.17, 15) is 0 Å². The summed E-state index contributed by atoms with van der Waals surface area (Å²) in [5.74, 6) is 0. The Morgan fingerprint density at radius 2 is 2.44 bits per heavy atom. The van der Waals surface area contributed by atoms with Crippen LogP contribution < -0.4 is 0 Å². The minimum atomic E-state index is 1.15. The van der Waals surface area contributed by atoms with Crippen molar-refractivity contribution in [2.24, 2.45) is 7.05 Å². The first-order chi connectivity index (χ1) is 4.33. The second kappa shape index (κ2) is 2.49. The van der Waals surface area contributed by atoms with E-state index in [0.717, 1.165) is 5.56 Å². The highest BCUT2D eigenvalue weighted by Crippen LogP contribution is 1.97. The molecule has 0 saturated carbocycles. The first-order valence-electron chi connectivity index (χ1n) is 2.94. The van der Waals surface area contributed by atoms with E-state index in [0.29, 0.717) is 0 Å². The first-order valence-corrected chi connectivity index (χ1v) is 2.94. The van der Waals surface area contributed by atoms with Crippen molar-refractivity contribution in [3.05, 3.63) is 24.0 Å². The van der Waals surface area contributed by atoms with Crippen molar-refractivity contribution in [1.82, 2.24) is 9.78 Å². The van der Waals surface area contributed by atoms with E-state index in [1.165, 1.54) is 0 Å². The van der Waals surface area contributed by atoms with E-state index in [4.69, 9.17) is 0 Å². The summed E-state index contributed by atoms with van der Waals surface area (Å²) in [7, 11) is 1.91. The van der Waals surface area contributed by atoms with Gasteiger partial charge in [-0.05, 0) is 6.92 Å². The Morgan fingerprint density at radius 1 is 1.67 bits per heavy atom. The number of nitrogens with zero attached hydrogens (tertiary/aromatic N) is 2. The van der Waals surface area contributed by atoms with Gasteiger partial charge < -0.3 is 0 Å². The van der Waals surface area contributed by atoms with Gasteiger partial charge in [-0.25, -0.2) is 0 Å². The highest BCUT2D eigenvalue weighted by atomic mass is 15.2. The summed E-state index contributed by atoms with van der Waals surface area (Å²) < 4.78 is 1.79. The van der Waals surface area contributed by atoms with Crippen molar-refractivity contribution in [3.63, 3.8) is 0 Å². The highest BCUT2D eigenvalue weighted by molar-refractivity contribution is 5.45. The third-order valence-electron chi connectivity index (χ3n) is 1.08. The lowest BCUT2D eigenvalue weighted by molar-refractivity contribution is 0.767. The minimum Gasteiger partial charge on any atom is -0.275 e. The Balaban J connectivity index is 2.85. The maximum Gasteiger partial charge on any atom is 0.0562 e. The van der Waals surface area contributed by atoms with Gasteiger partial charge in [0.2, 0.25) is 0 Å². The van der Waals surface area contributed by atoms with Gasteiger partial charge in [0.05, 0.1) is 6.20 Å². The highest BCUT2D eigenvalue weighted by Gasteiger charge is 1.86. The fraction of sp³-hybridized carbons (Fsp3) is 0.286. The minimum absolute atomic E-state index is 1.15. The second-order valence-electron chi connectivity index (χ2n) is 1.95. The van der Waals surface area contributed by atoms with Crippen molar-refractivity contribution < 1.29 is 0 Å². The van der Waals surface area contributed by atoms with Crippen LogP contribution >= 0.6 is 0 Å². The summed E-state index contributed by atoms with van der Waals surface area (Å²) >= 11 is 0. The lowest BCUT2D eigenvalue weighted by Crippen LogP contribution is -1.83. The van der Waals surface area contributed by atoms with Gasteiger partial charge in [-0.15, -0.1) is 0 Å². The molecule has 9 heavy (non-hydrogen) atoms. The van der Waals surface area contributed by atoms with Crippen LogP contribution in [0, 0.1) is 0 Å². The lowest BCUT2D eigenvalue weighted by Gasteiger charge is -1.80. The summed E-state index contributed by atoms with van der Waals surface area (Å²) in [6.45, 7) is 1.99. The molecule has 0 aliphatic heterocycles. The number of hydrogen-bond acceptors (Lipinski definition) is 1. The molecule has 0 aromatic carbocycles. The van der Waals surface area contributed by atoms with Crippen molar-refractivity contribution in [2.75, 3.05) is 0 Å². The third kappa shape index (κ3) is 1.42. The zero-order valence-electron chi connectivity index (χ0n) is 5.70. The van der Waals surface area contributed by atoms with Gasteiger partial charge in [0, 0.05) is 18.8 Å². The summed E-state index contributed by atoms with van der Waals surface area (Å²) in [6, 6.07) is 0. The molecule has 1 rings (SSSR count). The molecule has 0 saturated heterocycles. The molecule has 0 bridgehead atoms. The van der Waals surface area contributed by atoms with E-state index in [1.54, 1.807) is 4.68 Å². The molecule has 1 heterocycles. The zero-order valence-corrected chi connectivity index (χ0v) is 5.70. The zero-order chi connectivity index (χ0) is 6.69. The smallest absolute Gasteiger partial charge is 0.0562 e. The van der Waals surface area contributed by atoms with Gasteiger partial charge in [0.15, 0.2) is 0 Å². The van der Waals surface area contributed by atoms with Crippen molar-refractivity contribution in [1.29, 1.82) is 0 Å². The number of rotatable bonds is 1. The molecule has 48 valence electrons. The third-order valence-corrected chi connectivity index (χ3v) is 1.08. The van der Waals surface area contributed by atoms with Gasteiger partial charge in [-0.1, -0.05) is 12.2 Å². The molecule has 1 aromatic rings. The van der Waals surface area contributed by atoms with Crippen molar-refractivity contribution in [3.8, 4) is 0 Å². The summed E-state index contributed by atoms with van der Waals surface area (Å²) in [6.07, 6.45) is 7.82. The molecule has 1 aromatic heterocycles. The molecule has 0 aliphatic carbocycles. The van der Waals surface area contributed by atoms with Crippen molar-refractivity contribution in [2.45, 2.75) is 6.92 Å². The molecule has 0 amide bonds. The average Bonchev–Trinajstić information content (AvgIpc) is 2.17. The number of aryl methyl sites for hydroxylation is 1. The van der Waals surface area contributed by atoms with Gasteiger partial charge in [0.25, 0.3) is 0 Å². The van der Waals surface area contributed by atoms with Crippen LogP contribution in [-0.4, -0.2) is 9.78 Å². The molecule has 0 unspecified atom stereocenters. The van der Waals surface area contributed by atoms with Gasteiger partial charge in [0.1, 0.15) is 0 Å². The van der Waals surface area contributed by atoms with Crippen LogP contribution in [0.1, 0.15) is 12.5 Å². The summed E-state index contributed by atoms with van der Waals surface area (Å²) in [4.78, 5) is 0. The molecular weight excluding hydrogens is 112 g/mol. The Labute approximate surface area is 54.8 Å². The van der Waals surface area contributed by atoms with Gasteiger partial charge in [-0.2, -0.15) is 5.10 Å². The predicted molar refractivity (Wildman–Crippen MR) is 37.9 cm³/mol. The van der Waals surface area contributed by atoms with Crippen LogP contribution in [0.25, 0.3) is 6.08 Å². The largest absolute Gasteiger partial charge is 0.275 e. The fourth-order valence-corrected chi connectivity index (χ4v) is 0.719. The van der Waals surface area contributed by atoms with Crippen molar-refractivity contribution >= 4 is 6.08 Å². The quantitative estimate of drug-likeness (QED) is 0.551. The maximum atomic E-state index is 4.00. The van der Waals surface area contributed by atoms with Gasteiger partial charge >= 0.3 is 0 Å². The Bertz CT molecular complexity index is 210. The molecule has 2 heteroatoms. The van der Waals surface area contributed by atoms with E-state index >= 15 is 0 Å². The van der Waals surface area contributed by atoms with Crippen LogP contribution in [0.2, 0.25) is 0 Å². The molecule has 0 N–H and O–H groups in total. The van der Waals surface area contributed by atoms with Crippen LogP contribution in [0.15, 0.2) is 18.5 Å². The van der Waals surface area contributed by atoms with E-state index in [2.05, 4.69) is 5.10 Å². The standard InChI is InChI=1S/C7H10N2/c1-3-4-7-5-8-9(2)6-7/h3-6H,1-2H3. The molecule has 2 nitrogen and oxygen atoms in total. The molecule has 0 radical (unpaired) electrons. The average molecular weight is 122 g/mol. The number of aromatic nitrogens is 2. The Kier molecular flexibility index (Phi) is 1.68. The molecular formula is C7H10N2. The van der Waals surface area contributed by atoms with Crippen LogP contribution in [-0.2, 0) is 7.05 Å². The van der Waals surface area contributed by atoms with E-state index in [1.807, 2.05) is 38.5 Å². The monoisotopic (exact) mass is 122 g/mol. The Morgan fingerprint density at radius 3 is 2.89 bits per heavy atom. The topological polar surface area (TPSA) is 17.8 Å². The number of hydrogen-bond donors (Lipinski definition) is 0. The molecule has 0 atom stereocenters. The Hall–Kier alpha value is -1.05. The summed E-state index contributed by atoms with van der Waals surface area (Å²) in [5.41, 5.74) is 1.15. The SMILES string of the molecule is CC=Cc1cnn(C)c1. The van der Waals surface area contributed by atoms with Crippen LogP contribution in [0.4, 0.5) is 0 Å². The van der Waals surface area contributed by atoms with Gasteiger partial charge in [-0.3, -0.25) is 4.68 Å². The molecule has 0 fully saturated rings. The molecule has 0 spiro atoms. The predicted octanol–water partition coefficient (Wildman–Crippen LogP) is 1.45. The normalized spacial score (nSPS) is 10.9. The molecule has 0 aliphatic rings. The van der Waals surface area contributed by atoms with E-state index in [-0.39, 0.29) is 0 Å². The fourth-order valence-electron chi connectivity index (χ4n) is 0.719. The van der Waals surface area contributed by atoms with Crippen LogP contribution in [0.5, 0.6) is 0 Å². The first kappa shape index (κ1) is 6.08. The summed E-state index contributed by atoms with van der Waals surface area (Å²) in [5, 5.41) is 4.00. The van der Waals surface area contributed by atoms with E-state index < -0.39 is 0 Å². The number of allylic oxidation sites excluding steroid dienone is 1. The maximum absolute atomic E-state index is 4.00. The van der Waals surface area contributed by atoms with Crippen LogP contribution in [0.3, 0.4) is 0 Å². The second-order valence-corrected chi connectivity index (χ2v) is 1.95. The lowest BCUT2D eigenvalue weighted by atomic mass is 10.3.